The third-order valence-corrected chi connectivity index (χ3v) is 11.4. The minimum absolute atomic E-state index is 0.0309. The first-order chi connectivity index (χ1) is 28.5. The molecular formula is C52H97NO5. The molecule has 0 aliphatic heterocycles. The van der Waals surface area contributed by atoms with Crippen LogP contribution in [0.4, 0.5) is 0 Å². The van der Waals surface area contributed by atoms with Crippen molar-refractivity contribution in [3.8, 4) is 0 Å². The summed E-state index contributed by atoms with van der Waals surface area (Å²) in [5.41, 5.74) is 0. The van der Waals surface area contributed by atoms with Crippen LogP contribution in [0.5, 0.6) is 0 Å². The molecule has 2 unspecified atom stereocenters. The summed E-state index contributed by atoms with van der Waals surface area (Å²) in [5.74, 6) is -0.0902. The fraction of sp³-hybridized carbons (Fsp3) is 0.846. The molecule has 0 aromatic rings. The van der Waals surface area contributed by atoms with Gasteiger partial charge in [0.15, 0.2) is 0 Å². The molecule has 3 N–H and O–H groups in total. The van der Waals surface area contributed by atoms with Crippen molar-refractivity contribution >= 4 is 11.9 Å². The zero-order chi connectivity index (χ0) is 42.3. The van der Waals surface area contributed by atoms with E-state index in [2.05, 4.69) is 55.6 Å². The standard InChI is InChI=1S/C52H97NO5/c1-3-5-7-9-11-13-15-17-22-26-30-34-38-42-46-52(57)58-47-43-39-35-31-27-23-20-18-19-21-25-29-33-37-41-45-51(56)53-49(48-54)50(55)44-40-36-32-28-24-16-14-12-10-8-6-4-2/h15,17-18,20,23,27,49-50,54-55H,3-14,16,19,21-22,24-26,28-48H2,1-2H3,(H,53,56)/b17-15-,20-18-,27-23-. The minimum Gasteiger partial charge on any atom is -0.466 e. The fourth-order valence-electron chi connectivity index (χ4n) is 7.51. The lowest BCUT2D eigenvalue weighted by atomic mass is 10.0. The average molecular weight is 816 g/mol. The van der Waals surface area contributed by atoms with Crippen LogP contribution in [0, 0.1) is 0 Å². The predicted octanol–water partition coefficient (Wildman–Crippen LogP) is 14.9. The number of unbranched alkanes of at least 4 members (excludes halogenated alkanes) is 30. The Balaban J connectivity index is 3.53. The second kappa shape index (κ2) is 47.8. The second-order valence-corrected chi connectivity index (χ2v) is 17.2. The molecule has 0 saturated heterocycles. The summed E-state index contributed by atoms with van der Waals surface area (Å²) in [7, 11) is 0. The Bertz CT molecular complexity index is 946. The molecule has 0 heterocycles. The first kappa shape index (κ1) is 56.1. The second-order valence-electron chi connectivity index (χ2n) is 17.2. The number of aliphatic hydroxyl groups is 2. The number of hydrogen-bond acceptors (Lipinski definition) is 5. The Morgan fingerprint density at radius 3 is 1.33 bits per heavy atom. The highest BCUT2D eigenvalue weighted by Gasteiger charge is 2.20. The smallest absolute Gasteiger partial charge is 0.305 e. The van der Waals surface area contributed by atoms with Crippen LogP contribution in [-0.2, 0) is 14.3 Å². The summed E-state index contributed by atoms with van der Waals surface area (Å²) < 4.78 is 5.43. The molecule has 0 saturated carbocycles. The van der Waals surface area contributed by atoms with Gasteiger partial charge in [-0.3, -0.25) is 9.59 Å². The summed E-state index contributed by atoms with van der Waals surface area (Å²) >= 11 is 0. The zero-order valence-corrected chi connectivity index (χ0v) is 38.5. The van der Waals surface area contributed by atoms with E-state index in [9.17, 15) is 19.8 Å². The molecule has 0 radical (unpaired) electrons. The molecular weight excluding hydrogens is 719 g/mol. The summed E-state index contributed by atoms with van der Waals surface area (Å²) in [6, 6.07) is -0.557. The van der Waals surface area contributed by atoms with Crippen LogP contribution in [0.25, 0.3) is 0 Å². The van der Waals surface area contributed by atoms with Crippen molar-refractivity contribution in [2.24, 2.45) is 0 Å². The molecule has 6 heteroatoms. The van der Waals surface area contributed by atoms with Crippen LogP contribution in [0.1, 0.15) is 258 Å². The lowest BCUT2D eigenvalue weighted by Crippen LogP contribution is -2.45. The predicted molar refractivity (Wildman–Crippen MR) is 250 cm³/mol. The van der Waals surface area contributed by atoms with Crippen molar-refractivity contribution < 1.29 is 24.5 Å². The Kier molecular flexibility index (Phi) is 46.2. The number of rotatable bonds is 46. The van der Waals surface area contributed by atoms with Crippen LogP contribution in [0.2, 0.25) is 0 Å². The monoisotopic (exact) mass is 816 g/mol. The summed E-state index contributed by atoms with van der Waals surface area (Å²) in [5, 5.41) is 23.1. The van der Waals surface area contributed by atoms with Gasteiger partial charge in [-0.15, -0.1) is 0 Å². The van der Waals surface area contributed by atoms with E-state index in [0.29, 0.717) is 25.9 Å². The van der Waals surface area contributed by atoms with E-state index in [1.165, 1.54) is 148 Å². The number of nitrogens with one attached hydrogen (secondary N) is 1. The molecule has 0 rings (SSSR count). The molecule has 0 aliphatic rings. The van der Waals surface area contributed by atoms with E-state index in [4.69, 9.17) is 4.74 Å². The number of hydrogen-bond donors (Lipinski definition) is 3. The maximum absolute atomic E-state index is 12.4. The van der Waals surface area contributed by atoms with E-state index >= 15 is 0 Å². The number of esters is 1. The van der Waals surface area contributed by atoms with E-state index in [-0.39, 0.29) is 18.5 Å². The van der Waals surface area contributed by atoms with Gasteiger partial charge in [0.25, 0.3) is 0 Å². The molecule has 2 atom stereocenters. The van der Waals surface area contributed by atoms with Gasteiger partial charge in [0.2, 0.25) is 5.91 Å². The van der Waals surface area contributed by atoms with Gasteiger partial charge in [0.05, 0.1) is 25.4 Å². The SMILES string of the molecule is CCCCCCC/C=C\CCCCCCCC(=O)OCCCCC/C=C\C=C/CCCCCCCCC(=O)NC(CO)C(O)CCCCCCCCCCCCCC. The topological polar surface area (TPSA) is 95.9 Å². The van der Waals surface area contributed by atoms with Crippen LogP contribution in [0.3, 0.4) is 0 Å². The molecule has 1 amide bonds. The lowest BCUT2D eigenvalue weighted by molar-refractivity contribution is -0.143. The van der Waals surface area contributed by atoms with Crippen molar-refractivity contribution in [1.82, 2.24) is 5.32 Å². The van der Waals surface area contributed by atoms with Crippen molar-refractivity contribution in [3.05, 3.63) is 36.5 Å². The molecule has 0 aromatic heterocycles. The largest absolute Gasteiger partial charge is 0.466 e. The highest BCUT2D eigenvalue weighted by Crippen LogP contribution is 2.15. The number of allylic oxidation sites excluding steroid dienone is 6. The van der Waals surface area contributed by atoms with Crippen LogP contribution in [0.15, 0.2) is 36.5 Å². The first-order valence-electron chi connectivity index (χ1n) is 25.3. The first-order valence-corrected chi connectivity index (χ1v) is 25.3. The van der Waals surface area contributed by atoms with Gasteiger partial charge >= 0.3 is 5.97 Å². The van der Waals surface area contributed by atoms with Crippen molar-refractivity contribution in [2.75, 3.05) is 13.2 Å². The Morgan fingerprint density at radius 1 is 0.483 bits per heavy atom. The molecule has 0 aromatic carbocycles. The third kappa shape index (κ3) is 43.7. The van der Waals surface area contributed by atoms with E-state index in [1.54, 1.807) is 0 Å². The summed E-state index contributed by atoms with van der Waals surface area (Å²) in [6.45, 7) is 4.87. The highest BCUT2D eigenvalue weighted by molar-refractivity contribution is 5.76. The van der Waals surface area contributed by atoms with E-state index in [0.717, 1.165) is 77.0 Å². The highest BCUT2D eigenvalue weighted by atomic mass is 16.5. The van der Waals surface area contributed by atoms with Crippen LogP contribution in [-0.4, -0.2) is 47.4 Å². The van der Waals surface area contributed by atoms with E-state index < -0.39 is 12.1 Å². The molecule has 0 spiro atoms. The number of ether oxygens (including phenoxy) is 1. The molecule has 6 nitrogen and oxygen atoms in total. The number of carbonyl (C=O) groups excluding carboxylic acids is 2. The maximum atomic E-state index is 12.4. The third-order valence-electron chi connectivity index (χ3n) is 11.4. The lowest BCUT2D eigenvalue weighted by Gasteiger charge is -2.22. The molecule has 0 aliphatic carbocycles. The van der Waals surface area contributed by atoms with Crippen molar-refractivity contribution in [3.63, 3.8) is 0 Å². The average Bonchev–Trinajstić information content (AvgIpc) is 3.22. The summed E-state index contributed by atoms with van der Waals surface area (Å²) in [6.07, 6.45) is 56.8. The quantitative estimate of drug-likeness (QED) is 0.0246. The number of amides is 1. The zero-order valence-electron chi connectivity index (χ0n) is 38.5. The van der Waals surface area contributed by atoms with Gasteiger partial charge in [0.1, 0.15) is 0 Å². The Hall–Kier alpha value is -1.92. The molecule has 58 heavy (non-hydrogen) atoms. The Morgan fingerprint density at radius 2 is 0.862 bits per heavy atom. The van der Waals surface area contributed by atoms with Crippen molar-refractivity contribution in [2.45, 2.75) is 270 Å². The Labute approximate surface area is 360 Å². The molecule has 0 bridgehead atoms. The number of carbonyl (C=O) groups is 2. The van der Waals surface area contributed by atoms with Gasteiger partial charge in [-0.1, -0.05) is 198 Å². The molecule has 0 fully saturated rings. The number of aliphatic hydroxyl groups excluding tert-OH is 2. The van der Waals surface area contributed by atoms with Gasteiger partial charge in [0, 0.05) is 12.8 Å². The minimum atomic E-state index is -0.678. The van der Waals surface area contributed by atoms with E-state index in [1.807, 2.05) is 0 Å². The van der Waals surface area contributed by atoms with Gasteiger partial charge in [-0.2, -0.15) is 0 Å². The molecule has 340 valence electrons. The van der Waals surface area contributed by atoms with Gasteiger partial charge < -0.3 is 20.3 Å². The van der Waals surface area contributed by atoms with Gasteiger partial charge in [-0.25, -0.2) is 0 Å². The maximum Gasteiger partial charge on any atom is 0.305 e. The van der Waals surface area contributed by atoms with Crippen LogP contribution < -0.4 is 5.32 Å². The fourth-order valence-corrected chi connectivity index (χ4v) is 7.51. The summed E-state index contributed by atoms with van der Waals surface area (Å²) in [4.78, 5) is 24.4. The van der Waals surface area contributed by atoms with Crippen LogP contribution >= 0.6 is 0 Å². The normalized spacial score (nSPS) is 13.0. The van der Waals surface area contributed by atoms with Crippen molar-refractivity contribution in [1.29, 1.82) is 0 Å². The van der Waals surface area contributed by atoms with Gasteiger partial charge in [-0.05, 0) is 83.5 Å².